The zero-order valence-corrected chi connectivity index (χ0v) is 15.9. The molecule has 10 nitrogen and oxygen atoms in total. The number of aromatic nitrogens is 1. The molecule has 0 saturated carbocycles. The largest absolute Gasteiger partial charge is 0.346 e. The number of sulfonamides is 1. The fourth-order valence-corrected chi connectivity index (χ4v) is 4.33. The number of carbonyl (C=O) groups excluding carboxylic acids is 2. The van der Waals surface area contributed by atoms with E-state index in [2.05, 4.69) is 15.6 Å². The Balaban J connectivity index is 1.80. The van der Waals surface area contributed by atoms with Gasteiger partial charge in [-0.1, -0.05) is 6.07 Å². The van der Waals surface area contributed by atoms with Crippen molar-refractivity contribution >= 4 is 27.6 Å². The summed E-state index contributed by atoms with van der Waals surface area (Å²) in [4.78, 5) is 28.4. The van der Waals surface area contributed by atoms with Crippen LogP contribution < -0.4 is 10.6 Å². The predicted molar refractivity (Wildman–Crippen MR) is 99.6 cm³/mol. The minimum Gasteiger partial charge on any atom is -0.346 e. The van der Waals surface area contributed by atoms with Crippen LogP contribution in [0.1, 0.15) is 29.8 Å². The summed E-state index contributed by atoms with van der Waals surface area (Å²) >= 11 is 0. The highest BCUT2D eigenvalue weighted by atomic mass is 32.2. The molecule has 3 rings (SSSR count). The molecule has 1 aromatic carbocycles. The third kappa shape index (κ3) is 3.72. The molecular formula is C18H14N6O4S. The van der Waals surface area contributed by atoms with Crippen LogP contribution in [0.3, 0.4) is 0 Å². The van der Waals surface area contributed by atoms with Gasteiger partial charge in [0.05, 0.1) is 28.6 Å². The molecule has 1 aliphatic rings. The summed E-state index contributed by atoms with van der Waals surface area (Å²) in [6, 6.07) is 9.33. The van der Waals surface area contributed by atoms with Crippen molar-refractivity contribution in [3.05, 3.63) is 53.3 Å². The average Bonchev–Trinajstić information content (AvgIpc) is 2.70. The fourth-order valence-electron chi connectivity index (χ4n) is 2.77. The number of nitriles is 2. The van der Waals surface area contributed by atoms with E-state index in [1.807, 2.05) is 6.07 Å². The van der Waals surface area contributed by atoms with E-state index in [9.17, 15) is 23.3 Å². The number of rotatable bonds is 4. The Morgan fingerprint density at radius 3 is 2.66 bits per heavy atom. The summed E-state index contributed by atoms with van der Waals surface area (Å²) in [5, 5.41) is 22.9. The topological polar surface area (TPSA) is 156 Å². The van der Waals surface area contributed by atoms with Crippen LogP contribution >= 0.6 is 0 Å². The molecule has 0 saturated heterocycles. The molecule has 0 bridgehead atoms. The lowest BCUT2D eigenvalue weighted by atomic mass is 10.2. The molecule has 0 fully saturated rings. The molecule has 0 unspecified atom stereocenters. The third-order valence-corrected chi connectivity index (χ3v) is 6.01. The van der Waals surface area contributed by atoms with Crippen molar-refractivity contribution in [2.24, 2.45) is 0 Å². The van der Waals surface area contributed by atoms with Crippen molar-refractivity contribution in [2.45, 2.75) is 17.9 Å². The maximum atomic E-state index is 12.8. The lowest BCUT2D eigenvalue weighted by Crippen LogP contribution is -2.49. The van der Waals surface area contributed by atoms with Crippen molar-refractivity contribution in [1.82, 2.24) is 14.6 Å². The number of pyridine rings is 1. The summed E-state index contributed by atoms with van der Waals surface area (Å²) in [5.74, 6) is -0.736. The number of nitrogens with zero attached hydrogens (tertiary/aromatic N) is 4. The summed E-state index contributed by atoms with van der Waals surface area (Å²) < 4.78 is 26.1. The van der Waals surface area contributed by atoms with Crippen LogP contribution in [0.5, 0.6) is 0 Å². The number of amides is 3. The summed E-state index contributed by atoms with van der Waals surface area (Å²) in [7, 11) is -4.39. The van der Waals surface area contributed by atoms with Crippen molar-refractivity contribution in [3.8, 4) is 12.1 Å². The monoisotopic (exact) mass is 410 g/mol. The van der Waals surface area contributed by atoms with Gasteiger partial charge in [0.1, 0.15) is 23.6 Å². The highest BCUT2D eigenvalue weighted by molar-refractivity contribution is 7.90. The van der Waals surface area contributed by atoms with Gasteiger partial charge in [0.2, 0.25) is 5.91 Å². The SMILES string of the molecule is C[C@H](NC(=O)CN1C(=O)Nc2cccc(C#N)c2S1(=O)=O)c1ccc(C#N)cn1. The first-order valence-corrected chi connectivity index (χ1v) is 9.74. The summed E-state index contributed by atoms with van der Waals surface area (Å²) in [6.45, 7) is 0.855. The van der Waals surface area contributed by atoms with Crippen LogP contribution in [0.25, 0.3) is 0 Å². The second-order valence-corrected chi connectivity index (χ2v) is 7.91. The van der Waals surface area contributed by atoms with E-state index in [1.54, 1.807) is 19.1 Å². The van der Waals surface area contributed by atoms with Crippen LogP contribution in [0, 0.1) is 22.7 Å². The van der Waals surface area contributed by atoms with Gasteiger partial charge in [-0.3, -0.25) is 9.78 Å². The van der Waals surface area contributed by atoms with Gasteiger partial charge in [-0.25, -0.2) is 17.5 Å². The van der Waals surface area contributed by atoms with E-state index >= 15 is 0 Å². The number of hydrogen-bond donors (Lipinski definition) is 2. The maximum absolute atomic E-state index is 12.8. The Hall–Kier alpha value is -3.96. The van der Waals surface area contributed by atoms with Crippen molar-refractivity contribution < 1.29 is 18.0 Å². The first kappa shape index (κ1) is 19.8. The number of urea groups is 1. The number of benzene rings is 1. The van der Waals surface area contributed by atoms with Crippen LogP contribution in [0.15, 0.2) is 41.4 Å². The van der Waals surface area contributed by atoms with Crippen molar-refractivity contribution in [1.29, 1.82) is 10.5 Å². The maximum Gasteiger partial charge on any atom is 0.336 e. The molecule has 3 amide bonds. The number of hydrogen-bond acceptors (Lipinski definition) is 7. The fraction of sp³-hybridized carbons (Fsp3) is 0.167. The predicted octanol–water partition coefficient (Wildman–Crippen LogP) is 1.24. The second-order valence-electron chi connectivity index (χ2n) is 6.11. The quantitative estimate of drug-likeness (QED) is 0.768. The Kier molecular flexibility index (Phi) is 5.17. The minimum absolute atomic E-state index is 0.0131. The van der Waals surface area contributed by atoms with E-state index in [-0.39, 0.29) is 16.1 Å². The van der Waals surface area contributed by atoms with Crippen molar-refractivity contribution in [2.75, 3.05) is 11.9 Å². The molecule has 2 N–H and O–H groups in total. The third-order valence-electron chi connectivity index (χ3n) is 4.18. The number of nitrogens with one attached hydrogen (secondary N) is 2. The Labute approximate surface area is 166 Å². The lowest BCUT2D eigenvalue weighted by molar-refractivity contribution is -0.121. The molecule has 2 heterocycles. The number of fused-ring (bicyclic) bond motifs is 1. The molecule has 0 aliphatic carbocycles. The van der Waals surface area contributed by atoms with Crippen LogP contribution in [-0.2, 0) is 14.8 Å². The molecule has 1 aliphatic heterocycles. The molecule has 29 heavy (non-hydrogen) atoms. The minimum atomic E-state index is -4.39. The molecule has 1 aromatic heterocycles. The molecule has 2 aromatic rings. The highest BCUT2D eigenvalue weighted by Gasteiger charge is 2.39. The lowest BCUT2D eigenvalue weighted by Gasteiger charge is -2.29. The van der Waals surface area contributed by atoms with Gasteiger partial charge >= 0.3 is 6.03 Å². The first-order valence-electron chi connectivity index (χ1n) is 8.30. The standard InChI is InChI=1S/C18H14N6O4S/c1-11(14-6-5-12(7-19)9-21-14)22-16(25)10-24-18(26)23-15-4-2-3-13(8-20)17(15)29(24,27)28/h2-6,9,11H,10H2,1H3,(H,22,25)(H,23,26)/t11-/m0/s1. The Morgan fingerprint density at radius 1 is 1.28 bits per heavy atom. The normalized spacial score (nSPS) is 15.3. The summed E-state index contributed by atoms with van der Waals surface area (Å²) in [5.41, 5.74) is 0.666. The molecule has 1 atom stereocenters. The highest BCUT2D eigenvalue weighted by Crippen LogP contribution is 2.32. The molecular weight excluding hydrogens is 396 g/mol. The van der Waals surface area contributed by atoms with Gasteiger partial charge in [-0.2, -0.15) is 10.5 Å². The van der Waals surface area contributed by atoms with Gasteiger partial charge in [-0.05, 0) is 31.2 Å². The molecule has 0 radical (unpaired) electrons. The average molecular weight is 410 g/mol. The van der Waals surface area contributed by atoms with E-state index < -0.39 is 34.5 Å². The van der Waals surface area contributed by atoms with Gasteiger partial charge in [0.15, 0.2) is 0 Å². The smallest absolute Gasteiger partial charge is 0.336 e. The van der Waals surface area contributed by atoms with E-state index in [0.717, 1.165) is 0 Å². The van der Waals surface area contributed by atoms with Crippen molar-refractivity contribution in [3.63, 3.8) is 0 Å². The second kappa shape index (κ2) is 7.58. The first-order chi connectivity index (χ1) is 13.8. The van der Waals surface area contributed by atoms with Gasteiger partial charge in [-0.15, -0.1) is 0 Å². The number of carbonyl (C=O) groups is 2. The zero-order valence-electron chi connectivity index (χ0n) is 15.1. The van der Waals surface area contributed by atoms with Gasteiger partial charge < -0.3 is 10.6 Å². The molecule has 0 spiro atoms. The van der Waals surface area contributed by atoms with E-state index in [0.29, 0.717) is 15.6 Å². The van der Waals surface area contributed by atoms with Crippen LogP contribution in [0.2, 0.25) is 0 Å². The summed E-state index contributed by atoms with van der Waals surface area (Å²) in [6.07, 6.45) is 1.35. The Morgan fingerprint density at radius 2 is 2.03 bits per heavy atom. The Bertz CT molecular complexity index is 1180. The van der Waals surface area contributed by atoms with Crippen LogP contribution in [-0.4, -0.2) is 36.2 Å². The zero-order chi connectivity index (χ0) is 21.2. The van der Waals surface area contributed by atoms with Gasteiger partial charge in [0, 0.05) is 6.20 Å². The van der Waals surface area contributed by atoms with Crippen LogP contribution in [0.4, 0.5) is 10.5 Å². The van der Waals surface area contributed by atoms with Gasteiger partial charge in [0.25, 0.3) is 10.0 Å². The number of anilines is 1. The van der Waals surface area contributed by atoms with E-state index in [4.69, 9.17) is 5.26 Å². The molecule has 11 heteroatoms. The van der Waals surface area contributed by atoms with E-state index in [1.165, 1.54) is 30.5 Å². The molecule has 146 valence electrons.